The molecule has 0 fully saturated rings. The van der Waals surface area contributed by atoms with E-state index >= 15 is 0 Å². The van der Waals surface area contributed by atoms with Gasteiger partial charge in [0, 0.05) is 11.6 Å². The Labute approximate surface area is 209 Å². The lowest BCUT2D eigenvalue weighted by molar-refractivity contribution is -0.150. The van der Waals surface area contributed by atoms with Gasteiger partial charge in [-0.25, -0.2) is 0 Å². The van der Waals surface area contributed by atoms with Gasteiger partial charge in [0.25, 0.3) is 0 Å². The summed E-state index contributed by atoms with van der Waals surface area (Å²) in [5, 5.41) is 15.6. The van der Waals surface area contributed by atoms with Gasteiger partial charge in [-0.05, 0) is 58.2 Å². The van der Waals surface area contributed by atoms with Crippen molar-refractivity contribution in [2.24, 2.45) is 5.92 Å². The Balaban J connectivity index is 1.93. The number of ether oxygens (including phenoxy) is 2. The third-order valence-corrected chi connectivity index (χ3v) is 6.81. The van der Waals surface area contributed by atoms with E-state index in [4.69, 9.17) is 9.47 Å². The average Bonchev–Trinajstić information content (AvgIpc) is 2.81. The van der Waals surface area contributed by atoms with Crippen LogP contribution in [0.4, 0.5) is 5.69 Å². The molecule has 176 valence electrons. The predicted octanol–water partition coefficient (Wildman–Crippen LogP) is 3.88. The van der Waals surface area contributed by atoms with Gasteiger partial charge in [0.15, 0.2) is 0 Å². The van der Waals surface area contributed by atoms with Crippen molar-refractivity contribution in [2.75, 3.05) is 25.3 Å². The number of anilines is 1. The van der Waals surface area contributed by atoms with Gasteiger partial charge in [0.2, 0.25) is 11.8 Å². The Kier molecular flexibility index (Phi) is 8.36. The minimum absolute atomic E-state index is 0.0450. The van der Waals surface area contributed by atoms with Crippen molar-refractivity contribution >= 4 is 51.2 Å². The summed E-state index contributed by atoms with van der Waals surface area (Å²) < 4.78 is 10.7. The van der Waals surface area contributed by atoms with Crippen molar-refractivity contribution in [2.45, 2.75) is 12.8 Å². The topological polar surface area (TPSA) is 118 Å². The van der Waals surface area contributed by atoms with E-state index < -0.39 is 23.7 Å². The summed E-state index contributed by atoms with van der Waals surface area (Å²) in [4.78, 5) is 37.9. The van der Waals surface area contributed by atoms with Gasteiger partial charge in [-0.3, -0.25) is 14.4 Å². The molecular formula is C24H22BrN3O5S. The normalized spacial score (nSPS) is 17.4. The zero-order chi connectivity index (χ0) is 24.8. The molecule has 34 heavy (non-hydrogen) atoms. The van der Waals surface area contributed by atoms with Gasteiger partial charge in [-0.1, -0.05) is 30.0 Å². The fraction of sp³-hybridized carbons (Fsp3) is 0.250. The van der Waals surface area contributed by atoms with Crippen LogP contribution in [0, 0.1) is 24.2 Å². The Morgan fingerprint density at radius 2 is 2.00 bits per heavy atom. The van der Waals surface area contributed by atoms with E-state index in [1.54, 1.807) is 24.3 Å². The first-order valence-corrected chi connectivity index (χ1v) is 11.9. The van der Waals surface area contributed by atoms with E-state index in [9.17, 15) is 19.6 Å². The SMILES string of the molecule is COC(=O)[C@H]1C(=O)NC(SCC(=O)Nc2cccc(C)c2)=C(C#N)[C@H]1c1ccc(OC)c(Br)c1. The monoisotopic (exact) mass is 543 g/mol. The van der Waals surface area contributed by atoms with E-state index in [0.29, 0.717) is 21.5 Å². The van der Waals surface area contributed by atoms with Gasteiger partial charge >= 0.3 is 5.97 Å². The van der Waals surface area contributed by atoms with Gasteiger partial charge in [0.05, 0.1) is 41.1 Å². The second kappa shape index (κ2) is 11.2. The molecule has 2 aromatic carbocycles. The third-order valence-electron chi connectivity index (χ3n) is 5.17. The lowest BCUT2D eigenvalue weighted by atomic mass is 9.78. The Morgan fingerprint density at radius 1 is 1.24 bits per heavy atom. The van der Waals surface area contributed by atoms with E-state index in [2.05, 4.69) is 32.6 Å². The number of halogens is 1. The summed E-state index contributed by atoms with van der Waals surface area (Å²) in [6.45, 7) is 1.92. The molecule has 0 aliphatic carbocycles. The number of rotatable bonds is 7. The fourth-order valence-corrected chi connectivity index (χ4v) is 5.02. The molecule has 8 nitrogen and oxygen atoms in total. The molecule has 2 aromatic rings. The molecule has 0 saturated heterocycles. The summed E-state index contributed by atoms with van der Waals surface area (Å²) in [5.74, 6) is -3.30. The highest BCUT2D eigenvalue weighted by atomic mass is 79.9. The molecule has 1 aliphatic rings. The molecule has 1 aliphatic heterocycles. The number of hydrogen-bond donors (Lipinski definition) is 2. The molecule has 2 atom stereocenters. The van der Waals surface area contributed by atoms with Gasteiger partial charge in [0.1, 0.15) is 11.7 Å². The van der Waals surface area contributed by atoms with Gasteiger partial charge in [-0.2, -0.15) is 5.26 Å². The number of benzene rings is 2. The van der Waals surface area contributed by atoms with E-state index in [-0.39, 0.29) is 22.3 Å². The Bertz CT molecular complexity index is 1210. The fourth-order valence-electron chi connectivity index (χ4n) is 3.61. The highest BCUT2D eigenvalue weighted by Gasteiger charge is 2.44. The van der Waals surface area contributed by atoms with Crippen molar-refractivity contribution in [3.63, 3.8) is 0 Å². The minimum atomic E-state index is -1.26. The number of methoxy groups -OCH3 is 2. The average molecular weight is 544 g/mol. The van der Waals surface area contributed by atoms with Gasteiger partial charge < -0.3 is 20.1 Å². The maximum absolute atomic E-state index is 12.9. The predicted molar refractivity (Wildman–Crippen MR) is 132 cm³/mol. The lowest BCUT2D eigenvalue weighted by Gasteiger charge is -2.31. The maximum Gasteiger partial charge on any atom is 0.319 e. The number of aryl methyl sites for hydroxylation is 1. The number of esters is 1. The van der Waals surface area contributed by atoms with Crippen LogP contribution in [-0.4, -0.2) is 37.8 Å². The minimum Gasteiger partial charge on any atom is -0.496 e. The molecule has 0 saturated carbocycles. The summed E-state index contributed by atoms with van der Waals surface area (Å²) >= 11 is 4.43. The number of carbonyl (C=O) groups is 3. The number of allylic oxidation sites excluding steroid dienone is 1. The van der Waals surface area contributed by atoms with Crippen molar-refractivity contribution in [1.29, 1.82) is 5.26 Å². The second-order valence-electron chi connectivity index (χ2n) is 7.42. The van der Waals surface area contributed by atoms with E-state index in [1.165, 1.54) is 14.2 Å². The number of nitrogens with zero attached hydrogens (tertiary/aromatic N) is 1. The van der Waals surface area contributed by atoms with Crippen LogP contribution in [0.5, 0.6) is 5.75 Å². The lowest BCUT2D eigenvalue weighted by Crippen LogP contribution is -2.44. The Morgan fingerprint density at radius 3 is 2.62 bits per heavy atom. The Hall–Kier alpha value is -3.29. The molecule has 0 bridgehead atoms. The number of nitrogens with one attached hydrogen (secondary N) is 2. The number of amides is 2. The van der Waals surface area contributed by atoms with Crippen molar-refractivity contribution in [1.82, 2.24) is 5.32 Å². The largest absolute Gasteiger partial charge is 0.496 e. The summed E-state index contributed by atoms with van der Waals surface area (Å²) in [6.07, 6.45) is 0. The molecule has 0 spiro atoms. The van der Waals surface area contributed by atoms with Crippen LogP contribution in [0.15, 0.2) is 57.5 Å². The quantitative estimate of drug-likeness (QED) is 0.402. The summed E-state index contributed by atoms with van der Waals surface area (Å²) in [6, 6.07) is 14.5. The van der Waals surface area contributed by atoms with Crippen LogP contribution in [0.25, 0.3) is 0 Å². The number of carbonyl (C=O) groups excluding carboxylic acids is 3. The highest BCUT2D eigenvalue weighted by molar-refractivity contribution is 9.10. The van der Waals surface area contributed by atoms with Gasteiger partial charge in [-0.15, -0.1) is 0 Å². The van der Waals surface area contributed by atoms with Crippen molar-refractivity contribution in [3.05, 3.63) is 68.7 Å². The molecule has 3 rings (SSSR count). The smallest absolute Gasteiger partial charge is 0.319 e. The van der Waals surface area contributed by atoms with Crippen LogP contribution in [-0.2, 0) is 19.1 Å². The van der Waals surface area contributed by atoms with Crippen molar-refractivity contribution in [3.8, 4) is 11.8 Å². The first-order valence-electron chi connectivity index (χ1n) is 10.1. The standard InChI is InChI=1S/C24H22BrN3O5S/c1-13-5-4-6-15(9-13)27-19(29)12-34-23-16(11-26)20(21(22(30)28-23)24(31)33-3)14-7-8-18(32-2)17(25)10-14/h4-10,20-21H,12H2,1-3H3,(H,27,29)(H,28,30)/t20-,21-/m1/s1. The zero-order valence-electron chi connectivity index (χ0n) is 18.7. The molecule has 2 N–H and O–H groups in total. The number of nitriles is 1. The summed E-state index contributed by atoms with van der Waals surface area (Å²) in [7, 11) is 2.70. The summed E-state index contributed by atoms with van der Waals surface area (Å²) in [5.41, 5.74) is 2.37. The van der Waals surface area contributed by atoms with Crippen LogP contribution in [0.2, 0.25) is 0 Å². The van der Waals surface area contributed by atoms with Crippen LogP contribution in [0.3, 0.4) is 0 Å². The molecule has 0 radical (unpaired) electrons. The number of thioether (sulfide) groups is 1. The van der Waals surface area contributed by atoms with Crippen molar-refractivity contribution < 1.29 is 23.9 Å². The first kappa shape index (κ1) is 25.3. The van der Waals surface area contributed by atoms with Crippen LogP contribution >= 0.6 is 27.7 Å². The molecule has 2 amide bonds. The molecule has 1 heterocycles. The molecule has 10 heteroatoms. The molecule has 0 unspecified atom stereocenters. The van der Waals surface area contributed by atoms with E-state index in [1.807, 2.05) is 25.1 Å². The maximum atomic E-state index is 12.9. The number of hydrogen-bond acceptors (Lipinski definition) is 7. The zero-order valence-corrected chi connectivity index (χ0v) is 21.1. The first-order chi connectivity index (χ1) is 16.3. The van der Waals surface area contributed by atoms with Crippen LogP contribution < -0.4 is 15.4 Å². The molecule has 0 aromatic heterocycles. The second-order valence-corrected chi connectivity index (χ2v) is 9.26. The highest BCUT2D eigenvalue weighted by Crippen LogP contribution is 2.42. The van der Waals surface area contributed by atoms with E-state index in [0.717, 1.165) is 17.3 Å². The van der Waals surface area contributed by atoms with Crippen LogP contribution in [0.1, 0.15) is 17.0 Å². The third kappa shape index (κ3) is 5.61. The molecular weight excluding hydrogens is 522 g/mol.